The van der Waals surface area contributed by atoms with Crippen LogP contribution >= 0.6 is 12.4 Å². The van der Waals surface area contributed by atoms with E-state index in [9.17, 15) is 0 Å². The van der Waals surface area contributed by atoms with E-state index in [-0.39, 0.29) is 12.4 Å². The molecule has 10 heavy (non-hydrogen) atoms. The van der Waals surface area contributed by atoms with Crippen LogP contribution in [-0.2, 0) is 4.74 Å². The van der Waals surface area contributed by atoms with Crippen LogP contribution in [0.15, 0.2) is 0 Å². The van der Waals surface area contributed by atoms with E-state index in [1.165, 1.54) is 12.8 Å². The Morgan fingerprint density at radius 2 is 2.20 bits per heavy atom. The van der Waals surface area contributed by atoms with Crippen molar-refractivity contribution in [2.24, 2.45) is 17.1 Å². The predicted molar refractivity (Wildman–Crippen MR) is 42.3 cm³/mol. The molecule has 1 aliphatic carbocycles. The molecular formula is C7H14ClNO. The Hall–Kier alpha value is 0.210. The van der Waals surface area contributed by atoms with Crippen LogP contribution in [-0.4, -0.2) is 19.8 Å². The molecule has 0 aromatic heterocycles. The van der Waals surface area contributed by atoms with Crippen molar-refractivity contribution in [1.29, 1.82) is 0 Å². The highest BCUT2D eigenvalue weighted by molar-refractivity contribution is 5.85. The van der Waals surface area contributed by atoms with Crippen molar-refractivity contribution in [3.05, 3.63) is 0 Å². The molecule has 0 aromatic rings. The summed E-state index contributed by atoms with van der Waals surface area (Å²) in [5.74, 6) is 0.849. The maximum Gasteiger partial charge on any atom is 0.0534 e. The minimum Gasteiger partial charge on any atom is -0.381 e. The largest absolute Gasteiger partial charge is 0.381 e. The normalized spacial score (nSPS) is 43.5. The molecule has 2 aliphatic heterocycles. The van der Waals surface area contributed by atoms with Crippen molar-refractivity contribution >= 4 is 12.4 Å². The number of nitrogens with two attached hydrogens (primary N) is 1. The summed E-state index contributed by atoms with van der Waals surface area (Å²) in [6.07, 6.45) is 2.65. The molecular weight excluding hydrogens is 150 g/mol. The fraction of sp³-hybridized carbons (Fsp3) is 1.00. The highest BCUT2D eigenvalue weighted by atomic mass is 35.5. The quantitative estimate of drug-likeness (QED) is 0.621. The van der Waals surface area contributed by atoms with Gasteiger partial charge in [-0.15, -0.1) is 12.4 Å². The summed E-state index contributed by atoms with van der Waals surface area (Å²) in [7, 11) is 0. The number of halogens is 1. The molecule has 1 saturated carbocycles. The summed E-state index contributed by atoms with van der Waals surface area (Å²) >= 11 is 0. The summed E-state index contributed by atoms with van der Waals surface area (Å²) in [5, 5.41) is 0. The van der Waals surface area contributed by atoms with E-state index in [4.69, 9.17) is 10.5 Å². The lowest BCUT2D eigenvalue weighted by Crippen LogP contribution is -2.52. The highest BCUT2D eigenvalue weighted by Gasteiger charge is 2.46. The Kier molecular flexibility index (Phi) is 2.23. The minimum absolute atomic E-state index is 0. The van der Waals surface area contributed by atoms with Gasteiger partial charge >= 0.3 is 0 Å². The summed E-state index contributed by atoms with van der Waals surface area (Å²) in [4.78, 5) is 0. The van der Waals surface area contributed by atoms with Crippen molar-refractivity contribution in [3.8, 4) is 0 Å². The zero-order chi connectivity index (χ0) is 6.32. The van der Waals surface area contributed by atoms with Gasteiger partial charge in [0.15, 0.2) is 0 Å². The topological polar surface area (TPSA) is 35.2 Å². The van der Waals surface area contributed by atoms with Crippen molar-refractivity contribution < 1.29 is 4.74 Å². The van der Waals surface area contributed by atoms with Crippen LogP contribution < -0.4 is 5.73 Å². The van der Waals surface area contributed by atoms with E-state index < -0.39 is 0 Å². The first-order valence-corrected chi connectivity index (χ1v) is 3.62. The van der Waals surface area contributed by atoms with Crippen LogP contribution in [0.3, 0.4) is 0 Å². The molecule has 3 heteroatoms. The van der Waals surface area contributed by atoms with Gasteiger partial charge in [-0.1, -0.05) is 0 Å². The SMILES string of the molecule is Cl.NCC12COCC(C1)C2. The Bertz CT molecular complexity index is 117. The zero-order valence-corrected chi connectivity index (χ0v) is 6.82. The summed E-state index contributed by atoms with van der Waals surface area (Å²) in [5.41, 5.74) is 6.01. The van der Waals surface area contributed by atoms with Gasteiger partial charge in [-0.05, 0) is 18.8 Å². The van der Waals surface area contributed by atoms with E-state index >= 15 is 0 Å². The molecule has 0 spiro atoms. The maximum absolute atomic E-state index is 5.60. The van der Waals surface area contributed by atoms with Crippen molar-refractivity contribution in [3.63, 3.8) is 0 Å². The maximum atomic E-state index is 5.60. The van der Waals surface area contributed by atoms with Crippen LogP contribution in [0.1, 0.15) is 12.8 Å². The Morgan fingerprint density at radius 1 is 1.50 bits per heavy atom. The molecule has 3 rings (SSSR count). The minimum atomic E-state index is 0. The average molecular weight is 164 g/mol. The molecule has 0 amide bonds. The smallest absolute Gasteiger partial charge is 0.0534 e. The molecule has 2 nitrogen and oxygen atoms in total. The third-order valence-electron chi connectivity index (χ3n) is 2.64. The first-order valence-electron chi connectivity index (χ1n) is 3.62. The second kappa shape index (κ2) is 2.68. The Balaban J connectivity index is 0.000000500. The van der Waals surface area contributed by atoms with Gasteiger partial charge in [0, 0.05) is 18.6 Å². The third-order valence-corrected chi connectivity index (χ3v) is 2.64. The molecule has 2 bridgehead atoms. The van der Waals surface area contributed by atoms with Gasteiger partial charge in [-0.2, -0.15) is 0 Å². The van der Waals surface area contributed by atoms with Crippen LogP contribution in [0.2, 0.25) is 0 Å². The Morgan fingerprint density at radius 3 is 2.50 bits per heavy atom. The summed E-state index contributed by atoms with van der Waals surface area (Å²) in [6, 6.07) is 0. The number of ether oxygens (including phenoxy) is 1. The average Bonchev–Trinajstić information content (AvgIpc) is 1.88. The molecule has 2 heterocycles. The van der Waals surface area contributed by atoms with E-state index in [0.717, 1.165) is 25.7 Å². The molecule has 0 aromatic carbocycles. The lowest BCUT2D eigenvalue weighted by atomic mass is 9.61. The molecule has 60 valence electrons. The fourth-order valence-corrected chi connectivity index (χ4v) is 2.07. The lowest BCUT2D eigenvalue weighted by Gasteiger charge is -2.51. The van der Waals surface area contributed by atoms with Gasteiger partial charge in [0.25, 0.3) is 0 Å². The standard InChI is InChI=1S/C7H13NO.ClH/c8-4-7-1-6(2-7)3-9-5-7;/h6H,1-5,8H2;1H. The Labute approximate surface area is 67.5 Å². The summed E-state index contributed by atoms with van der Waals surface area (Å²) < 4.78 is 5.35. The molecule has 0 radical (unpaired) electrons. The first kappa shape index (κ1) is 8.31. The van der Waals surface area contributed by atoms with E-state index in [0.29, 0.717) is 5.41 Å². The van der Waals surface area contributed by atoms with Crippen LogP contribution in [0.4, 0.5) is 0 Å². The van der Waals surface area contributed by atoms with E-state index in [1.54, 1.807) is 0 Å². The molecule has 3 fully saturated rings. The van der Waals surface area contributed by atoms with E-state index in [2.05, 4.69) is 0 Å². The highest BCUT2D eigenvalue weighted by Crippen LogP contribution is 2.48. The molecule has 3 aliphatic rings. The van der Waals surface area contributed by atoms with E-state index in [1.807, 2.05) is 0 Å². The number of fused-ring (bicyclic) bond motifs is 2. The van der Waals surface area contributed by atoms with Gasteiger partial charge < -0.3 is 10.5 Å². The summed E-state index contributed by atoms with van der Waals surface area (Å²) in [6.45, 7) is 2.73. The molecule has 2 saturated heterocycles. The number of rotatable bonds is 1. The van der Waals surface area contributed by atoms with Gasteiger partial charge in [-0.3, -0.25) is 0 Å². The lowest BCUT2D eigenvalue weighted by molar-refractivity contribution is -0.125. The van der Waals surface area contributed by atoms with Crippen molar-refractivity contribution in [1.82, 2.24) is 0 Å². The number of hydrogen-bond acceptors (Lipinski definition) is 2. The molecule has 0 unspecified atom stereocenters. The number of hydrogen-bond donors (Lipinski definition) is 1. The second-order valence-electron chi connectivity index (χ2n) is 3.49. The van der Waals surface area contributed by atoms with Crippen LogP contribution in [0, 0.1) is 11.3 Å². The van der Waals surface area contributed by atoms with Gasteiger partial charge in [-0.25, -0.2) is 0 Å². The third kappa shape index (κ3) is 1.04. The van der Waals surface area contributed by atoms with Crippen LogP contribution in [0.5, 0.6) is 0 Å². The van der Waals surface area contributed by atoms with Gasteiger partial charge in [0.2, 0.25) is 0 Å². The first-order chi connectivity index (χ1) is 4.35. The van der Waals surface area contributed by atoms with Crippen molar-refractivity contribution in [2.45, 2.75) is 12.8 Å². The molecule has 0 atom stereocenters. The van der Waals surface area contributed by atoms with Crippen LogP contribution in [0.25, 0.3) is 0 Å². The van der Waals surface area contributed by atoms with Crippen molar-refractivity contribution in [2.75, 3.05) is 19.8 Å². The zero-order valence-electron chi connectivity index (χ0n) is 6.01. The fourth-order valence-electron chi connectivity index (χ4n) is 2.07. The monoisotopic (exact) mass is 163 g/mol. The van der Waals surface area contributed by atoms with Gasteiger partial charge in [0.05, 0.1) is 6.61 Å². The molecule has 2 N–H and O–H groups in total. The second-order valence-corrected chi connectivity index (χ2v) is 3.49. The van der Waals surface area contributed by atoms with Gasteiger partial charge in [0.1, 0.15) is 0 Å². The predicted octanol–water partition coefficient (Wildman–Crippen LogP) is 0.793.